The Morgan fingerprint density at radius 3 is 2.20 bits per heavy atom. The molecule has 25 heavy (non-hydrogen) atoms. The summed E-state index contributed by atoms with van der Waals surface area (Å²) in [6.45, 7) is 0.543. The monoisotopic (exact) mass is 336 g/mol. The zero-order valence-corrected chi connectivity index (χ0v) is 14.8. The van der Waals surface area contributed by atoms with E-state index in [9.17, 15) is 9.59 Å². The average molecular weight is 336 g/mol. The molecule has 1 N–H and O–H groups in total. The van der Waals surface area contributed by atoms with Crippen LogP contribution in [-0.2, 0) is 16.8 Å². The summed E-state index contributed by atoms with van der Waals surface area (Å²) in [6, 6.07) is 17.5. The van der Waals surface area contributed by atoms with E-state index >= 15 is 0 Å². The smallest absolute Gasteiger partial charge is 0.251 e. The van der Waals surface area contributed by atoms with E-state index in [1.165, 1.54) is 0 Å². The largest absolute Gasteiger partial charge is 0.355 e. The zero-order chi connectivity index (χ0) is 17.9. The summed E-state index contributed by atoms with van der Waals surface area (Å²) in [7, 11) is 3.47. The van der Waals surface area contributed by atoms with Crippen molar-refractivity contribution in [3.63, 3.8) is 0 Å². The fraction of sp³-hybridized carbons (Fsp3) is 0.333. The van der Waals surface area contributed by atoms with E-state index < -0.39 is 0 Å². The highest BCUT2D eigenvalue weighted by Gasteiger charge is 2.46. The molecule has 0 saturated heterocycles. The fourth-order valence-corrected chi connectivity index (χ4v) is 3.53. The second kappa shape index (κ2) is 7.09. The Kier molecular flexibility index (Phi) is 4.88. The molecule has 0 aromatic heterocycles. The summed E-state index contributed by atoms with van der Waals surface area (Å²) in [5, 5.41) is 2.61. The van der Waals surface area contributed by atoms with Crippen molar-refractivity contribution < 1.29 is 9.59 Å². The maximum absolute atomic E-state index is 13.1. The van der Waals surface area contributed by atoms with Gasteiger partial charge in [-0.2, -0.15) is 0 Å². The second-order valence-electron chi connectivity index (χ2n) is 6.74. The molecule has 0 radical (unpaired) electrons. The third-order valence-corrected chi connectivity index (χ3v) is 5.15. The van der Waals surface area contributed by atoms with Crippen LogP contribution in [-0.4, -0.2) is 30.8 Å². The first-order chi connectivity index (χ1) is 12.1. The van der Waals surface area contributed by atoms with Crippen LogP contribution in [0.15, 0.2) is 54.6 Å². The lowest BCUT2D eigenvalue weighted by atomic mass is 9.63. The van der Waals surface area contributed by atoms with Gasteiger partial charge in [0.05, 0.1) is 5.41 Å². The number of carbonyl (C=O) groups is 2. The molecule has 1 saturated carbocycles. The molecule has 2 aromatic rings. The summed E-state index contributed by atoms with van der Waals surface area (Å²) >= 11 is 0. The van der Waals surface area contributed by atoms with E-state index in [2.05, 4.69) is 17.4 Å². The molecule has 1 aliphatic carbocycles. The molecule has 0 bridgehead atoms. The van der Waals surface area contributed by atoms with E-state index in [1.807, 2.05) is 37.4 Å². The Hall–Kier alpha value is -2.62. The molecule has 1 aliphatic rings. The van der Waals surface area contributed by atoms with Crippen molar-refractivity contribution in [2.75, 3.05) is 14.1 Å². The first-order valence-corrected chi connectivity index (χ1v) is 8.69. The van der Waals surface area contributed by atoms with Gasteiger partial charge in [-0.25, -0.2) is 0 Å². The minimum Gasteiger partial charge on any atom is -0.355 e. The molecule has 3 rings (SSSR count). The van der Waals surface area contributed by atoms with Gasteiger partial charge in [0.15, 0.2) is 0 Å². The average Bonchev–Trinajstić information content (AvgIpc) is 2.61. The van der Waals surface area contributed by atoms with Gasteiger partial charge in [-0.1, -0.05) is 48.9 Å². The zero-order valence-electron chi connectivity index (χ0n) is 14.8. The van der Waals surface area contributed by atoms with Crippen molar-refractivity contribution in [1.29, 1.82) is 0 Å². The minimum atomic E-state index is -0.363. The van der Waals surface area contributed by atoms with Crippen molar-refractivity contribution >= 4 is 11.8 Å². The Morgan fingerprint density at radius 2 is 1.68 bits per heavy atom. The summed E-state index contributed by atoms with van der Waals surface area (Å²) in [6.07, 6.45) is 2.92. The van der Waals surface area contributed by atoms with Gasteiger partial charge in [0.1, 0.15) is 0 Å². The van der Waals surface area contributed by atoms with E-state index in [0.717, 1.165) is 30.4 Å². The molecule has 1 fully saturated rings. The van der Waals surface area contributed by atoms with Gasteiger partial charge in [0, 0.05) is 26.2 Å². The van der Waals surface area contributed by atoms with E-state index in [0.29, 0.717) is 12.1 Å². The lowest BCUT2D eigenvalue weighted by Gasteiger charge is -2.43. The topological polar surface area (TPSA) is 49.4 Å². The maximum atomic E-state index is 13.1. The van der Waals surface area contributed by atoms with Crippen molar-refractivity contribution in [1.82, 2.24) is 10.2 Å². The third kappa shape index (κ3) is 3.29. The van der Waals surface area contributed by atoms with Crippen LogP contribution in [0.2, 0.25) is 0 Å². The predicted octanol–water partition coefficient (Wildman–Crippen LogP) is 3.13. The number of hydrogen-bond donors (Lipinski definition) is 1. The highest BCUT2D eigenvalue weighted by molar-refractivity contribution is 5.94. The summed E-state index contributed by atoms with van der Waals surface area (Å²) < 4.78 is 0. The van der Waals surface area contributed by atoms with Crippen LogP contribution >= 0.6 is 0 Å². The van der Waals surface area contributed by atoms with Gasteiger partial charge in [-0.05, 0) is 36.1 Å². The minimum absolute atomic E-state index is 0.103. The highest BCUT2D eigenvalue weighted by atomic mass is 16.2. The second-order valence-corrected chi connectivity index (χ2v) is 6.74. The Balaban J connectivity index is 1.73. The number of benzene rings is 2. The molecule has 0 aliphatic heterocycles. The van der Waals surface area contributed by atoms with Crippen LogP contribution < -0.4 is 5.32 Å². The molecule has 4 nitrogen and oxygen atoms in total. The van der Waals surface area contributed by atoms with Gasteiger partial charge in [-0.3, -0.25) is 9.59 Å². The Morgan fingerprint density at radius 1 is 1.04 bits per heavy atom. The Labute approximate surface area is 148 Å². The van der Waals surface area contributed by atoms with E-state index in [-0.39, 0.29) is 17.2 Å². The highest BCUT2D eigenvalue weighted by Crippen LogP contribution is 2.45. The lowest BCUT2D eigenvalue weighted by molar-refractivity contribution is -0.140. The molecule has 0 heterocycles. The van der Waals surface area contributed by atoms with Crippen LogP contribution in [0.1, 0.15) is 40.7 Å². The number of hydrogen-bond acceptors (Lipinski definition) is 2. The molecule has 0 atom stereocenters. The molecular weight excluding hydrogens is 312 g/mol. The number of nitrogens with zero attached hydrogens (tertiary/aromatic N) is 1. The van der Waals surface area contributed by atoms with Crippen LogP contribution in [0, 0.1) is 0 Å². The fourth-order valence-electron chi connectivity index (χ4n) is 3.53. The quantitative estimate of drug-likeness (QED) is 0.912. The molecular formula is C21H24N2O2. The van der Waals surface area contributed by atoms with Crippen LogP contribution in [0.25, 0.3) is 0 Å². The van der Waals surface area contributed by atoms with Crippen LogP contribution in [0.5, 0.6) is 0 Å². The van der Waals surface area contributed by atoms with Gasteiger partial charge >= 0.3 is 0 Å². The number of likely N-dealkylation sites (N-methyl/N-ethyl adjacent to an activating group) is 1. The van der Waals surface area contributed by atoms with Crippen molar-refractivity contribution in [3.8, 4) is 0 Å². The normalized spacial score (nSPS) is 15.1. The van der Waals surface area contributed by atoms with Crippen molar-refractivity contribution in [2.45, 2.75) is 31.2 Å². The number of rotatable bonds is 5. The summed E-state index contributed by atoms with van der Waals surface area (Å²) in [5.41, 5.74) is 2.40. The first kappa shape index (κ1) is 17.2. The maximum Gasteiger partial charge on any atom is 0.251 e. The lowest BCUT2D eigenvalue weighted by Crippen LogP contribution is -2.49. The standard InChI is InChI=1S/C21H24N2O2/c1-22-19(24)17-11-9-16(10-12-17)15-23(2)20(25)21(13-6-14-21)18-7-4-3-5-8-18/h3-5,7-12H,6,13-15H2,1-2H3,(H,22,24). The van der Waals surface area contributed by atoms with Gasteiger partial charge in [-0.15, -0.1) is 0 Å². The van der Waals surface area contributed by atoms with Crippen LogP contribution in [0.4, 0.5) is 0 Å². The number of amides is 2. The SMILES string of the molecule is CNC(=O)c1ccc(CN(C)C(=O)C2(c3ccccc3)CCC2)cc1. The number of carbonyl (C=O) groups excluding carboxylic acids is 2. The molecule has 0 unspecified atom stereocenters. The van der Waals surface area contributed by atoms with E-state index in [4.69, 9.17) is 0 Å². The molecule has 2 amide bonds. The molecule has 130 valence electrons. The van der Waals surface area contributed by atoms with Gasteiger partial charge < -0.3 is 10.2 Å². The van der Waals surface area contributed by atoms with Gasteiger partial charge in [0.25, 0.3) is 5.91 Å². The van der Waals surface area contributed by atoms with E-state index in [1.54, 1.807) is 24.1 Å². The summed E-state index contributed by atoms with van der Waals surface area (Å²) in [5.74, 6) is 0.0776. The molecule has 2 aromatic carbocycles. The first-order valence-electron chi connectivity index (χ1n) is 8.69. The van der Waals surface area contributed by atoms with Crippen molar-refractivity contribution in [3.05, 3.63) is 71.3 Å². The summed E-state index contributed by atoms with van der Waals surface area (Å²) in [4.78, 5) is 26.6. The Bertz CT molecular complexity index is 749. The molecule has 4 heteroatoms. The van der Waals surface area contributed by atoms with Gasteiger partial charge in [0.2, 0.25) is 5.91 Å². The predicted molar refractivity (Wildman–Crippen MR) is 98.3 cm³/mol. The molecule has 0 spiro atoms. The third-order valence-electron chi connectivity index (χ3n) is 5.15. The number of nitrogens with one attached hydrogen (secondary N) is 1. The van der Waals surface area contributed by atoms with Crippen molar-refractivity contribution in [2.24, 2.45) is 0 Å². The van der Waals surface area contributed by atoms with Crippen LogP contribution in [0.3, 0.4) is 0 Å².